The van der Waals surface area contributed by atoms with E-state index in [1.807, 2.05) is 20.8 Å². The van der Waals surface area contributed by atoms with Crippen molar-refractivity contribution in [1.29, 1.82) is 0 Å². The molecule has 0 radical (unpaired) electrons. The minimum Gasteiger partial charge on any atom is -0.480 e. The van der Waals surface area contributed by atoms with Gasteiger partial charge in [0, 0.05) is 0 Å². The first-order valence-electron chi connectivity index (χ1n) is 6.00. The lowest BCUT2D eigenvalue weighted by Gasteiger charge is -2.31. The molecule has 98 valence electrons. The summed E-state index contributed by atoms with van der Waals surface area (Å²) < 4.78 is 0. The molecule has 1 rings (SSSR count). The first kappa shape index (κ1) is 14.0. The van der Waals surface area contributed by atoms with E-state index in [2.05, 4.69) is 5.32 Å². The van der Waals surface area contributed by atoms with E-state index >= 15 is 0 Å². The molecule has 1 atom stereocenters. The maximum Gasteiger partial charge on any atom is 0.329 e. The number of nitrogens with two attached hydrogens (primary N) is 1. The Kier molecular flexibility index (Phi) is 3.81. The van der Waals surface area contributed by atoms with Gasteiger partial charge < -0.3 is 16.2 Å². The van der Waals surface area contributed by atoms with Crippen LogP contribution in [0.2, 0.25) is 0 Å². The van der Waals surface area contributed by atoms with Crippen LogP contribution in [0.4, 0.5) is 0 Å². The van der Waals surface area contributed by atoms with Crippen molar-refractivity contribution in [3.05, 3.63) is 0 Å². The van der Waals surface area contributed by atoms with Gasteiger partial charge >= 0.3 is 5.97 Å². The molecule has 5 nitrogen and oxygen atoms in total. The van der Waals surface area contributed by atoms with Crippen LogP contribution in [0.5, 0.6) is 0 Å². The highest BCUT2D eigenvalue weighted by Crippen LogP contribution is 2.30. The second-order valence-corrected chi connectivity index (χ2v) is 5.93. The van der Waals surface area contributed by atoms with Crippen LogP contribution in [-0.2, 0) is 9.59 Å². The minimum atomic E-state index is -1.10. The first-order valence-corrected chi connectivity index (χ1v) is 6.00. The molecule has 0 bridgehead atoms. The molecule has 1 fully saturated rings. The summed E-state index contributed by atoms with van der Waals surface area (Å²) >= 11 is 0. The van der Waals surface area contributed by atoms with E-state index < -0.39 is 17.6 Å². The Bertz CT molecular complexity index is 314. The molecular weight excluding hydrogens is 220 g/mol. The van der Waals surface area contributed by atoms with Crippen LogP contribution in [0.1, 0.15) is 46.5 Å². The van der Waals surface area contributed by atoms with Gasteiger partial charge in [-0.05, 0) is 18.3 Å². The molecule has 0 heterocycles. The second-order valence-electron chi connectivity index (χ2n) is 5.93. The highest BCUT2D eigenvalue weighted by Gasteiger charge is 2.44. The van der Waals surface area contributed by atoms with Gasteiger partial charge in [0.05, 0.1) is 6.04 Å². The quantitative estimate of drug-likeness (QED) is 0.684. The summed E-state index contributed by atoms with van der Waals surface area (Å²) in [6, 6.07) is -0.695. The van der Waals surface area contributed by atoms with Crippen LogP contribution < -0.4 is 11.1 Å². The molecule has 0 aromatic heterocycles. The van der Waals surface area contributed by atoms with Gasteiger partial charge in [0.2, 0.25) is 5.91 Å². The Morgan fingerprint density at radius 3 is 2.12 bits per heavy atom. The maximum atomic E-state index is 12.0. The van der Waals surface area contributed by atoms with E-state index in [0.29, 0.717) is 12.8 Å². The third kappa shape index (κ3) is 2.97. The van der Waals surface area contributed by atoms with Gasteiger partial charge in [-0.25, -0.2) is 4.79 Å². The van der Waals surface area contributed by atoms with E-state index in [4.69, 9.17) is 5.73 Å². The SMILES string of the molecule is CC(C)(C)C(N)C(=O)NC1(C(=O)O)CCCC1. The summed E-state index contributed by atoms with van der Waals surface area (Å²) in [5.74, 6) is -1.33. The van der Waals surface area contributed by atoms with Crippen LogP contribution in [0.25, 0.3) is 0 Å². The molecule has 0 aliphatic heterocycles. The van der Waals surface area contributed by atoms with Crippen LogP contribution in [0.15, 0.2) is 0 Å². The van der Waals surface area contributed by atoms with Crippen LogP contribution in [0, 0.1) is 5.41 Å². The number of nitrogens with one attached hydrogen (secondary N) is 1. The molecule has 5 heteroatoms. The number of carbonyl (C=O) groups is 2. The van der Waals surface area contributed by atoms with Gasteiger partial charge in [-0.3, -0.25) is 4.79 Å². The number of hydrogen-bond donors (Lipinski definition) is 3. The standard InChI is InChI=1S/C12H22N2O3/c1-11(2,3)8(13)9(15)14-12(10(16)17)6-4-5-7-12/h8H,4-7,13H2,1-3H3,(H,14,15)(H,16,17). The van der Waals surface area contributed by atoms with Gasteiger partial charge in [-0.1, -0.05) is 33.6 Å². The Balaban J connectivity index is 2.76. The summed E-state index contributed by atoms with van der Waals surface area (Å²) in [7, 11) is 0. The molecule has 0 aromatic carbocycles. The summed E-state index contributed by atoms with van der Waals surface area (Å²) in [5, 5.41) is 11.9. The normalized spacial score (nSPS) is 20.9. The number of carboxylic acids is 1. The molecule has 0 aromatic rings. The lowest BCUT2D eigenvalue weighted by atomic mass is 9.86. The van der Waals surface area contributed by atoms with Crippen LogP contribution >= 0.6 is 0 Å². The molecule has 1 saturated carbocycles. The summed E-state index contributed by atoms with van der Waals surface area (Å²) in [5.41, 5.74) is 4.36. The highest BCUT2D eigenvalue weighted by atomic mass is 16.4. The van der Waals surface area contributed by atoms with Gasteiger partial charge in [0.15, 0.2) is 0 Å². The predicted molar refractivity (Wildman–Crippen MR) is 64.4 cm³/mol. The van der Waals surface area contributed by atoms with Gasteiger partial charge in [-0.2, -0.15) is 0 Å². The van der Waals surface area contributed by atoms with Crippen LogP contribution in [-0.4, -0.2) is 28.6 Å². The van der Waals surface area contributed by atoms with Crippen molar-refractivity contribution in [1.82, 2.24) is 5.32 Å². The molecule has 1 amide bonds. The van der Waals surface area contributed by atoms with Crippen molar-refractivity contribution < 1.29 is 14.7 Å². The van der Waals surface area contributed by atoms with Gasteiger partial charge in [0.25, 0.3) is 0 Å². The average molecular weight is 242 g/mol. The minimum absolute atomic E-state index is 0.373. The molecule has 4 N–H and O–H groups in total. The Labute approximate surface area is 102 Å². The van der Waals surface area contributed by atoms with Crippen molar-refractivity contribution in [2.75, 3.05) is 0 Å². The fraction of sp³-hybridized carbons (Fsp3) is 0.833. The number of carboxylic acid groups (broad SMARTS) is 1. The van der Waals surface area contributed by atoms with E-state index in [1.54, 1.807) is 0 Å². The van der Waals surface area contributed by atoms with E-state index in [9.17, 15) is 14.7 Å². The Hall–Kier alpha value is -1.10. The lowest BCUT2D eigenvalue weighted by molar-refractivity contribution is -0.148. The number of rotatable bonds is 3. The maximum absolute atomic E-state index is 12.0. The Morgan fingerprint density at radius 1 is 1.29 bits per heavy atom. The zero-order valence-corrected chi connectivity index (χ0v) is 10.7. The second kappa shape index (κ2) is 4.64. The topological polar surface area (TPSA) is 92.4 Å². The number of aliphatic carboxylic acids is 1. The lowest BCUT2D eigenvalue weighted by Crippen LogP contribution is -2.59. The molecule has 0 spiro atoms. The predicted octanol–water partition coefficient (Wildman–Crippen LogP) is 0.873. The molecule has 0 saturated heterocycles. The fourth-order valence-corrected chi connectivity index (χ4v) is 2.08. The number of carbonyl (C=O) groups excluding carboxylic acids is 1. The largest absolute Gasteiger partial charge is 0.480 e. The molecular formula is C12H22N2O3. The highest BCUT2D eigenvalue weighted by molar-refractivity contribution is 5.90. The van der Waals surface area contributed by atoms with Crippen molar-refractivity contribution in [2.45, 2.75) is 58.0 Å². The summed E-state index contributed by atoms with van der Waals surface area (Å²) in [6.07, 6.45) is 2.64. The fourth-order valence-electron chi connectivity index (χ4n) is 2.08. The molecule has 1 aliphatic carbocycles. The summed E-state index contributed by atoms with van der Waals surface area (Å²) in [4.78, 5) is 23.2. The van der Waals surface area contributed by atoms with Gasteiger partial charge in [0.1, 0.15) is 5.54 Å². The average Bonchev–Trinajstić information content (AvgIpc) is 2.64. The smallest absolute Gasteiger partial charge is 0.329 e. The Morgan fingerprint density at radius 2 is 1.76 bits per heavy atom. The third-order valence-electron chi connectivity index (χ3n) is 3.44. The number of hydrogen-bond acceptors (Lipinski definition) is 3. The van der Waals surface area contributed by atoms with E-state index in [0.717, 1.165) is 12.8 Å². The van der Waals surface area contributed by atoms with Crippen LogP contribution in [0.3, 0.4) is 0 Å². The zero-order chi connectivity index (χ0) is 13.3. The summed E-state index contributed by atoms with van der Waals surface area (Å²) in [6.45, 7) is 5.58. The van der Waals surface area contributed by atoms with Crippen molar-refractivity contribution in [2.24, 2.45) is 11.1 Å². The zero-order valence-electron chi connectivity index (χ0n) is 10.7. The third-order valence-corrected chi connectivity index (χ3v) is 3.44. The monoisotopic (exact) mass is 242 g/mol. The van der Waals surface area contributed by atoms with Crippen molar-refractivity contribution >= 4 is 11.9 Å². The molecule has 1 unspecified atom stereocenters. The van der Waals surface area contributed by atoms with E-state index in [-0.39, 0.29) is 11.3 Å². The van der Waals surface area contributed by atoms with Gasteiger partial charge in [-0.15, -0.1) is 0 Å². The van der Waals surface area contributed by atoms with Crippen molar-refractivity contribution in [3.8, 4) is 0 Å². The van der Waals surface area contributed by atoms with Crippen molar-refractivity contribution in [3.63, 3.8) is 0 Å². The molecule has 1 aliphatic rings. The number of amides is 1. The first-order chi connectivity index (χ1) is 7.69. The molecule has 17 heavy (non-hydrogen) atoms. The van der Waals surface area contributed by atoms with E-state index in [1.165, 1.54) is 0 Å².